The SMILES string of the molecule is COc1ccc(/C=C2/SC(=Nc3cccc(C(=O)OC(C)C)c3)N(C)C2=O)cc1. The number of ether oxygens (including phenoxy) is 2. The number of carbonyl (C=O) groups excluding carboxylic acids is 2. The maximum absolute atomic E-state index is 12.6. The second-order valence-corrected chi connectivity index (χ2v) is 7.66. The minimum atomic E-state index is -0.398. The summed E-state index contributed by atoms with van der Waals surface area (Å²) in [5, 5.41) is 0.545. The van der Waals surface area contributed by atoms with E-state index in [-0.39, 0.29) is 12.0 Å². The van der Waals surface area contributed by atoms with Crippen molar-refractivity contribution in [3.8, 4) is 5.75 Å². The standard InChI is InChI=1S/C22H22N2O4S/c1-14(2)28-21(26)16-6-5-7-17(13-16)23-22-24(3)20(25)19(29-22)12-15-8-10-18(27-4)11-9-15/h5-14H,1-4H3/b19-12+,23-22?. The lowest BCUT2D eigenvalue weighted by Crippen LogP contribution is -2.23. The summed E-state index contributed by atoms with van der Waals surface area (Å²) in [5.41, 5.74) is 1.90. The van der Waals surface area contributed by atoms with E-state index < -0.39 is 5.97 Å². The van der Waals surface area contributed by atoms with E-state index in [1.165, 1.54) is 16.7 Å². The van der Waals surface area contributed by atoms with Gasteiger partial charge in [0, 0.05) is 7.05 Å². The molecule has 2 aromatic carbocycles. The molecule has 1 amide bonds. The van der Waals surface area contributed by atoms with E-state index in [4.69, 9.17) is 9.47 Å². The number of aliphatic imine (C=N–C) groups is 1. The van der Waals surface area contributed by atoms with Crippen LogP contribution >= 0.6 is 11.8 Å². The second kappa shape index (κ2) is 8.96. The maximum Gasteiger partial charge on any atom is 0.338 e. The Morgan fingerprint density at radius 1 is 1.17 bits per heavy atom. The molecule has 1 aliphatic rings. The molecule has 0 aliphatic carbocycles. The van der Waals surface area contributed by atoms with Crippen LogP contribution in [0.25, 0.3) is 6.08 Å². The third-order valence-electron chi connectivity index (χ3n) is 4.07. The highest BCUT2D eigenvalue weighted by atomic mass is 32.2. The van der Waals surface area contributed by atoms with E-state index in [9.17, 15) is 9.59 Å². The van der Waals surface area contributed by atoms with Gasteiger partial charge >= 0.3 is 5.97 Å². The monoisotopic (exact) mass is 410 g/mol. The number of thioether (sulfide) groups is 1. The van der Waals surface area contributed by atoms with Crippen molar-refractivity contribution < 1.29 is 19.1 Å². The molecule has 1 heterocycles. The Hall–Kier alpha value is -3.06. The van der Waals surface area contributed by atoms with Gasteiger partial charge in [0.25, 0.3) is 5.91 Å². The van der Waals surface area contributed by atoms with Crippen molar-refractivity contribution in [3.05, 3.63) is 64.6 Å². The number of amidine groups is 1. The normalized spacial score (nSPS) is 16.7. The van der Waals surface area contributed by atoms with Crippen LogP contribution in [-0.2, 0) is 9.53 Å². The number of benzene rings is 2. The number of carbonyl (C=O) groups is 2. The van der Waals surface area contributed by atoms with Crippen molar-refractivity contribution in [1.82, 2.24) is 4.90 Å². The van der Waals surface area contributed by atoms with E-state index in [1.54, 1.807) is 52.3 Å². The number of methoxy groups -OCH3 is 1. The molecule has 0 unspecified atom stereocenters. The van der Waals surface area contributed by atoms with Crippen LogP contribution in [0.4, 0.5) is 5.69 Å². The van der Waals surface area contributed by atoms with Gasteiger partial charge in [0.15, 0.2) is 5.17 Å². The highest BCUT2D eigenvalue weighted by Crippen LogP contribution is 2.33. The van der Waals surface area contributed by atoms with Crippen LogP contribution in [0.2, 0.25) is 0 Å². The highest BCUT2D eigenvalue weighted by molar-refractivity contribution is 8.18. The van der Waals surface area contributed by atoms with Crippen LogP contribution in [0.1, 0.15) is 29.8 Å². The number of rotatable bonds is 5. The average Bonchev–Trinajstić information content (AvgIpc) is 2.96. The van der Waals surface area contributed by atoms with Crippen molar-refractivity contribution >= 4 is 40.6 Å². The fourth-order valence-electron chi connectivity index (χ4n) is 2.60. The number of hydrogen-bond donors (Lipinski definition) is 0. The summed E-state index contributed by atoms with van der Waals surface area (Å²) in [6.07, 6.45) is 1.62. The molecular weight excluding hydrogens is 388 g/mol. The third kappa shape index (κ3) is 5.06. The molecule has 1 fully saturated rings. The van der Waals surface area contributed by atoms with Gasteiger partial charge in [-0.05, 0) is 67.6 Å². The van der Waals surface area contributed by atoms with Gasteiger partial charge in [-0.3, -0.25) is 9.69 Å². The first-order valence-electron chi connectivity index (χ1n) is 9.09. The lowest BCUT2D eigenvalue weighted by Gasteiger charge is -2.09. The van der Waals surface area contributed by atoms with Crippen molar-refractivity contribution in [3.63, 3.8) is 0 Å². The average molecular weight is 410 g/mol. The molecule has 29 heavy (non-hydrogen) atoms. The molecule has 0 aromatic heterocycles. The van der Waals surface area contributed by atoms with Gasteiger partial charge in [-0.15, -0.1) is 0 Å². The van der Waals surface area contributed by atoms with Gasteiger partial charge in [-0.1, -0.05) is 18.2 Å². The van der Waals surface area contributed by atoms with E-state index in [1.807, 2.05) is 30.3 Å². The van der Waals surface area contributed by atoms with Gasteiger partial charge < -0.3 is 9.47 Å². The number of nitrogens with zero attached hydrogens (tertiary/aromatic N) is 2. The lowest BCUT2D eigenvalue weighted by atomic mass is 10.2. The molecular formula is C22H22N2O4S. The molecule has 1 aliphatic heterocycles. The van der Waals surface area contributed by atoms with Gasteiger partial charge in [0.05, 0.1) is 29.4 Å². The quantitative estimate of drug-likeness (QED) is 0.536. The molecule has 7 heteroatoms. The van der Waals surface area contributed by atoms with E-state index in [0.717, 1.165) is 11.3 Å². The molecule has 150 valence electrons. The van der Waals surface area contributed by atoms with Crippen molar-refractivity contribution in [1.29, 1.82) is 0 Å². The first-order valence-corrected chi connectivity index (χ1v) is 9.90. The summed E-state index contributed by atoms with van der Waals surface area (Å²) in [6.45, 7) is 3.60. The first-order chi connectivity index (χ1) is 13.9. The summed E-state index contributed by atoms with van der Waals surface area (Å²) in [5.74, 6) is 0.235. The van der Waals surface area contributed by atoms with Gasteiger partial charge in [0.1, 0.15) is 5.75 Å². The van der Waals surface area contributed by atoms with E-state index >= 15 is 0 Å². The molecule has 0 N–H and O–H groups in total. The zero-order valence-corrected chi connectivity index (χ0v) is 17.5. The third-order valence-corrected chi connectivity index (χ3v) is 5.13. The molecule has 0 radical (unpaired) electrons. The van der Waals surface area contributed by atoms with Crippen LogP contribution < -0.4 is 4.74 Å². The number of hydrogen-bond acceptors (Lipinski definition) is 6. The predicted molar refractivity (Wildman–Crippen MR) is 115 cm³/mol. The molecule has 3 rings (SSSR count). The zero-order chi connectivity index (χ0) is 21.0. The molecule has 0 bridgehead atoms. The van der Waals surface area contributed by atoms with Crippen molar-refractivity contribution in [2.75, 3.05) is 14.2 Å². The lowest BCUT2D eigenvalue weighted by molar-refractivity contribution is -0.121. The number of likely N-dealkylation sites (N-methyl/N-ethyl adjacent to an activating group) is 1. The Morgan fingerprint density at radius 2 is 1.90 bits per heavy atom. The van der Waals surface area contributed by atoms with Crippen molar-refractivity contribution in [2.45, 2.75) is 20.0 Å². The molecule has 0 spiro atoms. The first kappa shape index (κ1) is 20.7. The Bertz CT molecular complexity index is 981. The second-order valence-electron chi connectivity index (χ2n) is 6.65. The Kier molecular flexibility index (Phi) is 6.39. The minimum Gasteiger partial charge on any atom is -0.497 e. The number of esters is 1. The highest BCUT2D eigenvalue weighted by Gasteiger charge is 2.30. The van der Waals surface area contributed by atoms with Gasteiger partial charge in [-0.2, -0.15) is 0 Å². The van der Waals surface area contributed by atoms with Crippen LogP contribution in [-0.4, -0.2) is 42.2 Å². The molecule has 6 nitrogen and oxygen atoms in total. The summed E-state index contributed by atoms with van der Waals surface area (Å²) in [4.78, 5) is 31.3. The fourth-order valence-corrected chi connectivity index (χ4v) is 3.58. The molecule has 1 saturated heterocycles. The Morgan fingerprint density at radius 3 is 2.55 bits per heavy atom. The molecule has 0 saturated carbocycles. The Balaban J connectivity index is 1.82. The smallest absolute Gasteiger partial charge is 0.338 e. The summed E-state index contributed by atoms with van der Waals surface area (Å²) >= 11 is 1.29. The van der Waals surface area contributed by atoms with Crippen molar-refractivity contribution in [2.24, 2.45) is 4.99 Å². The minimum absolute atomic E-state index is 0.125. The summed E-state index contributed by atoms with van der Waals surface area (Å²) in [7, 11) is 3.29. The fraction of sp³-hybridized carbons (Fsp3) is 0.227. The summed E-state index contributed by atoms with van der Waals surface area (Å²) < 4.78 is 10.4. The Labute approximate surface area is 174 Å². The van der Waals surface area contributed by atoms with Crippen LogP contribution in [0.15, 0.2) is 58.4 Å². The number of amides is 1. The van der Waals surface area contributed by atoms with Gasteiger partial charge in [-0.25, -0.2) is 9.79 Å². The molecule has 2 aromatic rings. The predicted octanol–water partition coefficient (Wildman–Crippen LogP) is 4.49. The largest absolute Gasteiger partial charge is 0.497 e. The van der Waals surface area contributed by atoms with E-state index in [2.05, 4.69) is 4.99 Å². The summed E-state index contributed by atoms with van der Waals surface area (Å²) in [6, 6.07) is 14.3. The van der Waals surface area contributed by atoms with Gasteiger partial charge in [0.2, 0.25) is 0 Å². The van der Waals surface area contributed by atoms with E-state index in [0.29, 0.717) is 21.3 Å². The van der Waals surface area contributed by atoms with Crippen LogP contribution in [0.3, 0.4) is 0 Å². The van der Waals surface area contributed by atoms with Crippen LogP contribution in [0, 0.1) is 0 Å². The van der Waals surface area contributed by atoms with Crippen LogP contribution in [0.5, 0.6) is 5.75 Å². The topological polar surface area (TPSA) is 68.2 Å². The zero-order valence-electron chi connectivity index (χ0n) is 16.7. The maximum atomic E-state index is 12.6. The molecule has 0 atom stereocenters.